The maximum Gasteiger partial charge on any atom is 0.101 e. The van der Waals surface area contributed by atoms with Crippen LogP contribution in [0.1, 0.15) is 30.9 Å². The van der Waals surface area contributed by atoms with E-state index in [1.807, 2.05) is 32.0 Å². The van der Waals surface area contributed by atoms with Crippen LogP contribution in [0, 0.1) is 0 Å². The van der Waals surface area contributed by atoms with Crippen molar-refractivity contribution in [2.75, 3.05) is 14.1 Å². The summed E-state index contributed by atoms with van der Waals surface area (Å²) in [7, 11) is 3.97. The molecule has 1 aliphatic carbocycles. The summed E-state index contributed by atoms with van der Waals surface area (Å²) >= 11 is 0. The van der Waals surface area contributed by atoms with Crippen LogP contribution in [0.3, 0.4) is 0 Å². The van der Waals surface area contributed by atoms with Crippen LogP contribution in [-0.2, 0) is 6.42 Å². The van der Waals surface area contributed by atoms with E-state index in [0.717, 1.165) is 17.9 Å². The quantitative estimate of drug-likeness (QED) is 0.596. The SMILES string of the molecule is CC(=Nc1ccc2c(c1)[C@@H](C)C(O)C2)N(C)C. The molecule has 92 valence electrons. The van der Waals surface area contributed by atoms with Crippen molar-refractivity contribution in [2.24, 2.45) is 4.99 Å². The van der Waals surface area contributed by atoms with Crippen molar-refractivity contribution < 1.29 is 5.11 Å². The Morgan fingerprint density at radius 3 is 2.76 bits per heavy atom. The summed E-state index contributed by atoms with van der Waals surface area (Å²) in [6.45, 7) is 4.06. The molecule has 0 saturated heterocycles. The minimum absolute atomic E-state index is 0.222. The minimum atomic E-state index is -0.237. The van der Waals surface area contributed by atoms with E-state index < -0.39 is 0 Å². The van der Waals surface area contributed by atoms with Gasteiger partial charge in [-0.05, 0) is 36.6 Å². The molecule has 2 rings (SSSR count). The predicted octanol–water partition coefficient (Wildman–Crippen LogP) is 2.32. The van der Waals surface area contributed by atoms with Crippen molar-refractivity contribution in [3.8, 4) is 0 Å². The van der Waals surface area contributed by atoms with Gasteiger partial charge < -0.3 is 10.0 Å². The van der Waals surface area contributed by atoms with Crippen LogP contribution in [0.5, 0.6) is 0 Å². The third-order valence-corrected chi connectivity index (χ3v) is 3.56. The Hall–Kier alpha value is -1.35. The van der Waals surface area contributed by atoms with E-state index in [2.05, 4.69) is 24.0 Å². The van der Waals surface area contributed by atoms with Gasteiger partial charge >= 0.3 is 0 Å². The highest BCUT2D eigenvalue weighted by Crippen LogP contribution is 2.35. The normalized spacial score (nSPS) is 23.7. The number of aliphatic hydroxyl groups excluding tert-OH is 1. The van der Waals surface area contributed by atoms with E-state index in [1.54, 1.807) is 0 Å². The molecule has 0 spiro atoms. The first-order valence-corrected chi connectivity index (χ1v) is 6.02. The average Bonchev–Trinajstić information content (AvgIpc) is 2.55. The van der Waals surface area contributed by atoms with Gasteiger partial charge in [-0.1, -0.05) is 13.0 Å². The van der Waals surface area contributed by atoms with Crippen molar-refractivity contribution in [3.63, 3.8) is 0 Å². The monoisotopic (exact) mass is 232 g/mol. The molecule has 0 heterocycles. The van der Waals surface area contributed by atoms with Crippen LogP contribution in [0.25, 0.3) is 0 Å². The number of amidine groups is 1. The van der Waals surface area contributed by atoms with Gasteiger partial charge in [0.15, 0.2) is 0 Å². The summed E-state index contributed by atoms with van der Waals surface area (Å²) in [6, 6.07) is 6.21. The van der Waals surface area contributed by atoms with E-state index in [9.17, 15) is 5.11 Å². The molecule has 3 heteroatoms. The summed E-state index contributed by atoms with van der Waals surface area (Å²) < 4.78 is 0. The van der Waals surface area contributed by atoms with Gasteiger partial charge in [-0.2, -0.15) is 0 Å². The first kappa shape index (κ1) is 12.1. The second-order valence-electron chi connectivity index (χ2n) is 5.00. The zero-order chi connectivity index (χ0) is 12.6. The number of nitrogens with zero attached hydrogens (tertiary/aromatic N) is 2. The lowest BCUT2D eigenvalue weighted by Gasteiger charge is -2.12. The molecular formula is C14H20N2O. The summed E-state index contributed by atoms with van der Waals surface area (Å²) in [5.74, 6) is 1.20. The molecule has 0 aliphatic heterocycles. The zero-order valence-corrected chi connectivity index (χ0v) is 10.9. The topological polar surface area (TPSA) is 35.8 Å². The lowest BCUT2D eigenvalue weighted by molar-refractivity contribution is 0.163. The second kappa shape index (κ2) is 4.49. The maximum atomic E-state index is 9.84. The fourth-order valence-electron chi connectivity index (χ4n) is 2.16. The molecule has 0 saturated carbocycles. The first-order valence-electron chi connectivity index (χ1n) is 6.02. The fraction of sp³-hybridized carbons (Fsp3) is 0.500. The van der Waals surface area contributed by atoms with Gasteiger partial charge in [0.05, 0.1) is 11.8 Å². The predicted molar refractivity (Wildman–Crippen MR) is 71.0 cm³/mol. The Balaban J connectivity index is 2.33. The fourth-order valence-corrected chi connectivity index (χ4v) is 2.16. The molecule has 1 N–H and O–H groups in total. The number of benzene rings is 1. The van der Waals surface area contributed by atoms with Crippen molar-refractivity contribution in [1.29, 1.82) is 0 Å². The Morgan fingerprint density at radius 1 is 1.41 bits per heavy atom. The number of hydrogen-bond donors (Lipinski definition) is 1. The van der Waals surface area contributed by atoms with Crippen LogP contribution < -0.4 is 0 Å². The molecule has 0 aromatic heterocycles. The van der Waals surface area contributed by atoms with Gasteiger partial charge in [0, 0.05) is 20.0 Å². The lowest BCUT2D eigenvalue weighted by atomic mass is 10.0. The molecule has 1 aromatic carbocycles. The van der Waals surface area contributed by atoms with E-state index in [4.69, 9.17) is 0 Å². The summed E-state index contributed by atoms with van der Waals surface area (Å²) in [5.41, 5.74) is 3.47. The van der Waals surface area contributed by atoms with E-state index in [-0.39, 0.29) is 12.0 Å². The molecule has 1 aliphatic rings. The Kier molecular flexibility index (Phi) is 3.20. The zero-order valence-electron chi connectivity index (χ0n) is 10.9. The first-order chi connectivity index (χ1) is 7.99. The maximum absolute atomic E-state index is 9.84. The van der Waals surface area contributed by atoms with Gasteiger partial charge in [-0.15, -0.1) is 0 Å². The Bertz CT molecular complexity index is 452. The van der Waals surface area contributed by atoms with Crippen molar-refractivity contribution in [2.45, 2.75) is 32.3 Å². The molecule has 0 amide bonds. The van der Waals surface area contributed by atoms with E-state index >= 15 is 0 Å². The van der Waals surface area contributed by atoms with Crippen molar-refractivity contribution in [3.05, 3.63) is 29.3 Å². The van der Waals surface area contributed by atoms with Gasteiger partial charge in [0.1, 0.15) is 5.84 Å². The van der Waals surface area contributed by atoms with Crippen LogP contribution in [-0.4, -0.2) is 36.0 Å². The van der Waals surface area contributed by atoms with E-state index in [1.165, 1.54) is 11.1 Å². The molecule has 1 aromatic rings. The number of aliphatic imine (C=N–C) groups is 1. The summed E-state index contributed by atoms with van der Waals surface area (Å²) in [4.78, 5) is 6.55. The van der Waals surface area contributed by atoms with Crippen molar-refractivity contribution >= 4 is 11.5 Å². The molecule has 2 atom stereocenters. The smallest absolute Gasteiger partial charge is 0.101 e. The number of fused-ring (bicyclic) bond motifs is 1. The van der Waals surface area contributed by atoms with Crippen LogP contribution in [0.2, 0.25) is 0 Å². The molecule has 1 unspecified atom stereocenters. The Morgan fingerprint density at radius 2 is 2.12 bits per heavy atom. The highest BCUT2D eigenvalue weighted by molar-refractivity contribution is 5.82. The minimum Gasteiger partial charge on any atom is -0.392 e. The highest BCUT2D eigenvalue weighted by atomic mass is 16.3. The Labute approximate surface area is 103 Å². The number of hydrogen-bond acceptors (Lipinski definition) is 2. The van der Waals surface area contributed by atoms with Gasteiger partial charge in [-0.3, -0.25) is 0 Å². The molecule has 0 bridgehead atoms. The highest BCUT2D eigenvalue weighted by Gasteiger charge is 2.27. The molecule has 17 heavy (non-hydrogen) atoms. The van der Waals surface area contributed by atoms with Crippen LogP contribution in [0.4, 0.5) is 5.69 Å². The lowest BCUT2D eigenvalue weighted by Crippen LogP contribution is -2.17. The van der Waals surface area contributed by atoms with E-state index in [0.29, 0.717) is 0 Å². The van der Waals surface area contributed by atoms with Gasteiger partial charge in [0.25, 0.3) is 0 Å². The molecule has 0 fully saturated rings. The molecular weight excluding hydrogens is 212 g/mol. The summed E-state index contributed by atoms with van der Waals surface area (Å²) in [5, 5.41) is 9.84. The van der Waals surface area contributed by atoms with Crippen molar-refractivity contribution in [1.82, 2.24) is 4.90 Å². The summed E-state index contributed by atoms with van der Waals surface area (Å²) in [6.07, 6.45) is 0.534. The standard InChI is InChI=1S/C14H20N2O/c1-9-13-8-12(15-10(2)16(3)4)6-5-11(13)7-14(9)17/h5-6,8-9,14,17H,7H2,1-4H3/t9-,14?/m1/s1. The van der Waals surface area contributed by atoms with Gasteiger partial charge in [-0.25, -0.2) is 4.99 Å². The molecule has 0 radical (unpaired) electrons. The average molecular weight is 232 g/mol. The third kappa shape index (κ3) is 2.34. The second-order valence-corrected chi connectivity index (χ2v) is 5.00. The number of rotatable bonds is 1. The largest absolute Gasteiger partial charge is 0.392 e. The van der Waals surface area contributed by atoms with Gasteiger partial charge in [0.2, 0.25) is 0 Å². The van der Waals surface area contributed by atoms with Crippen LogP contribution in [0.15, 0.2) is 23.2 Å². The number of aliphatic hydroxyl groups is 1. The third-order valence-electron chi connectivity index (χ3n) is 3.56. The molecule has 3 nitrogen and oxygen atoms in total. The van der Waals surface area contributed by atoms with Crippen LogP contribution >= 0.6 is 0 Å².